The molecular weight excluding hydrogens is 420 g/mol. The number of aliphatic carboxylic acids is 1. The van der Waals surface area contributed by atoms with Gasteiger partial charge in [0, 0.05) is 16.3 Å². The summed E-state index contributed by atoms with van der Waals surface area (Å²) in [7, 11) is 1.57. The largest absolute Gasteiger partial charge is 0.487 e. The fourth-order valence-electron chi connectivity index (χ4n) is 3.36. The zero-order chi connectivity index (χ0) is 21.7. The van der Waals surface area contributed by atoms with Crippen LogP contribution in [-0.4, -0.2) is 27.7 Å². The van der Waals surface area contributed by atoms with Gasteiger partial charge >= 0.3 is 5.97 Å². The number of aromatic nitrogens is 2. The molecule has 0 bridgehead atoms. The molecule has 0 atom stereocenters. The topological polar surface area (TPSA) is 64.3 Å². The van der Waals surface area contributed by atoms with Crippen molar-refractivity contribution in [3.05, 3.63) is 69.6 Å². The summed E-state index contributed by atoms with van der Waals surface area (Å²) in [4.78, 5) is 17.5. The minimum atomic E-state index is -0.974. The van der Waals surface area contributed by atoms with Gasteiger partial charge in [0.2, 0.25) is 0 Å². The molecule has 158 valence electrons. The summed E-state index contributed by atoms with van der Waals surface area (Å²) < 4.78 is 7.33. The Balaban J connectivity index is 2.12. The smallest absolute Gasteiger partial charge is 0.337 e. The highest BCUT2D eigenvalue weighted by atomic mass is 35.5. The zero-order valence-electron chi connectivity index (χ0n) is 17.3. The van der Waals surface area contributed by atoms with Crippen LogP contribution in [0.1, 0.15) is 48.6 Å². The van der Waals surface area contributed by atoms with Crippen molar-refractivity contribution in [2.45, 2.75) is 39.7 Å². The van der Waals surface area contributed by atoms with Crippen molar-refractivity contribution in [1.29, 1.82) is 0 Å². The van der Waals surface area contributed by atoms with E-state index in [9.17, 15) is 9.90 Å². The van der Waals surface area contributed by atoms with Crippen LogP contribution in [0.3, 0.4) is 0 Å². The van der Waals surface area contributed by atoms with Crippen LogP contribution in [0, 0.1) is 0 Å². The number of aryl methyl sites for hydroxylation is 1. The van der Waals surface area contributed by atoms with Gasteiger partial charge in [-0.1, -0.05) is 54.5 Å². The van der Waals surface area contributed by atoms with Crippen LogP contribution in [0.4, 0.5) is 0 Å². The standard InChI is InChI=1S/C23H25ClN2O3S/c1-4-5-10-20-25-13-18(26(20)14-16-8-6-7-9-17(16)24)15(2)22(23(27)28)19-11-12-21(29-3)30-19/h6-9,11-13H,4-5,10,14H2,1-3H3,(H,27,28)/b22-15-. The lowest BCUT2D eigenvalue weighted by Crippen LogP contribution is -2.10. The van der Waals surface area contributed by atoms with E-state index in [1.54, 1.807) is 25.4 Å². The van der Waals surface area contributed by atoms with E-state index >= 15 is 0 Å². The molecule has 0 amide bonds. The summed E-state index contributed by atoms with van der Waals surface area (Å²) in [5.41, 5.74) is 2.67. The first-order valence-corrected chi connectivity index (χ1v) is 11.0. The number of carboxylic acid groups (broad SMARTS) is 1. The van der Waals surface area contributed by atoms with Crippen LogP contribution in [0.25, 0.3) is 11.1 Å². The average molecular weight is 445 g/mol. The molecule has 0 aliphatic heterocycles. The molecule has 1 aromatic carbocycles. The number of hydrogen-bond acceptors (Lipinski definition) is 4. The zero-order valence-corrected chi connectivity index (χ0v) is 18.9. The molecule has 0 saturated carbocycles. The van der Waals surface area contributed by atoms with E-state index in [-0.39, 0.29) is 5.57 Å². The molecule has 0 fully saturated rings. The molecule has 3 aromatic rings. The molecule has 1 N–H and O–H groups in total. The molecule has 3 rings (SSSR count). The summed E-state index contributed by atoms with van der Waals surface area (Å²) in [5.74, 6) is -0.0442. The Bertz CT molecular complexity index is 1070. The molecule has 30 heavy (non-hydrogen) atoms. The number of unbranched alkanes of at least 4 members (excludes halogenated alkanes) is 1. The van der Waals surface area contributed by atoms with E-state index in [1.165, 1.54) is 11.3 Å². The molecule has 0 spiro atoms. The number of thiophene rings is 1. The van der Waals surface area contributed by atoms with Crippen LogP contribution in [0.2, 0.25) is 5.02 Å². The number of carboxylic acids is 1. The summed E-state index contributed by atoms with van der Waals surface area (Å²) in [6.07, 6.45) is 4.66. The van der Waals surface area contributed by atoms with Gasteiger partial charge < -0.3 is 14.4 Å². The molecule has 7 heteroatoms. The van der Waals surface area contributed by atoms with Gasteiger partial charge in [-0.25, -0.2) is 9.78 Å². The van der Waals surface area contributed by atoms with Crippen LogP contribution in [0.15, 0.2) is 42.6 Å². The first-order chi connectivity index (χ1) is 14.5. The lowest BCUT2D eigenvalue weighted by Gasteiger charge is -2.15. The van der Waals surface area contributed by atoms with Crippen molar-refractivity contribution in [1.82, 2.24) is 9.55 Å². The lowest BCUT2D eigenvalue weighted by molar-refractivity contribution is -0.130. The second-order valence-electron chi connectivity index (χ2n) is 6.97. The Morgan fingerprint density at radius 3 is 2.67 bits per heavy atom. The summed E-state index contributed by atoms with van der Waals surface area (Å²) in [5, 5.41) is 11.3. The number of nitrogens with zero attached hydrogens (tertiary/aromatic N) is 2. The van der Waals surface area contributed by atoms with E-state index in [1.807, 2.05) is 31.2 Å². The first-order valence-electron chi connectivity index (χ1n) is 9.82. The van der Waals surface area contributed by atoms with E-state index < -0.39 is 5.97 Å². The van der Waals surface area contributed by atoms with Crippen molar-refractivity contribution in [2.75, 3.05) is 7.11 Å². The third-order valence-corrected chi connectivity index (χ3v) is 6.41. The number of benzene rings is 1. The van der Waals surface area contributed by atoms with Crippen molar-refractivity contribution in [2.24, 2.45) is 0 Å². The van der Waals surface area contributed by atoms with E-state index in [4.69, 9.17) is 16.3 Å². The Kier molecular flexibility index (Phi) is 7.34. The van der Waals surface area contributed by atoms with Gasteiger partial charge in [-0.05, 0) is 42.7 Å². The average Bonchev–Trinajstić information content (AvgIpc) is 3.35. The molecule has 0 unspecified atom stereocenters. The Labute approximate surface area is 185 Å². The fraction of sp³-hybridized carbons (Fsp3) is 0.304. The first kappa shape index (κ1) is 22.1. The van der Waals surface area contributed by atoms with Gasteiger partial charge in [-0.3, -0.25) is 0 Å². The quantitative estimate of drug-likeness (QED) is 0.410. The number of halogens is 1. The van der Waals surface area contributed by atoms with Crippen molar-refractivity contribution < 1.29 is 14.6 Å². The van der Waals surface area contributed by atoms with E-state index in [0.717, 1.165) is 36.3 Å². The molecule has 5 nitrogen and oxygen atoms in total. The number of hydrogen-bond donors (Lipinski definition) is 1. The second kappa shape index (κ2) is 9.96. The number of ether oxygens (including phenoxy) is 1. The Morgan fingerprint density at radius 1 is 1.27 bits per heavy atom. The minimum absolute atomic E-state index is 0.255. The molecular formula is C23H25ClN2O3S. The van der Waals surface area contributed by atoms with Gasteiger partial charge in [0.1, 0.15) is 5.82 Å². The third-order valence-electron chi connectivity index (χ3n) is 4.98. The van der Waals surface area contributed by atoms with Gasteiger partial charge in [0.05, 0.1) is 31.1 Å². The summed E-state index contributed by atoms with van der Waals surface area (Å²) in [6, 6.07) is 11.3. The lowest BCUT2D eigenvalue weighted by atomic mass is 10.1. The summed E-state index contributed by atoms with van der Waals surface area (Å²) in [6.45, 7) is 4.51. The molecule has 2 heterocycles. The SMILES string of the molecule is CCCCc1ncc(/C(C)=C(\C(=O)O)c2ccc(OC)s2)n1Cc1ccccc1Cl. The molecule has 0 aliphatic carbocycles. The maximum absolute atomic E-state index is 12.2. The van der Waals surface area contributed by atoms with Gasteiger partial charge in [0.15, 0.2) is 5.06 Å². The molecule has 0 saturated heterocycles. The predicted molar refractivity (Wildman–Crippen MR) is 122 cm³/mol. The molecule has 0 aliphatic rings. The highest BCUT2D eigenvalue weighted by Gasteiger charge is 2.21. The number of rotatable bonds is 9. The van der Waals surface area contributed by atoms with Crippen LogP contribution in [0.5, 0.6) is 5.06 Å². The highest BCUT2D eigenvalue weighted by Crippen LogP contribution is 2.35. The minimum Gasteiger partial charge on any atom is -0.487 e. The van der Waals surface area contributed by atoms with Gasteiger partial charge in [-0.2, -0.15) is 0 Å². The van der Waals surface area contributed by atoms with Crippen molar-refractivity contribution in [3.63, 3.8) is 0 Å². The fourth-order valence-corrected chi connectivity index (χ4v) is 4.47. The monoisotopic (exact) mass is 444 g/mol. The number of carbonyl (C=O) groups is 1. The number of allylic oxidation sites excluding steroid dienone is 1. The van der Waals surface area contributed by atoms with Crippen molar-refractivity contribution >= 4 is 40.1 Å². The molecule has 0 radical (unpaired) electrons. The van der Waals surface area contributed by atoms with E-state index in [2.05, 4.69) is 16.5 Å². The van der Waals surface area contributed by atoms with Crippen molar-refractivity contribution in [3.8, 4) is 5.06 Å². The number of methoxy groups -OCH3 is 1. The number of imidazole rings is 1. The van der Waals surface area contributed by atoms with E-state index in [0.29, 0.717) is 27.1 Å². The summed E-state index contributed by atoms with van der Waals surface area (Å²) >= 11 is 7.72. The molecule has 2 aromatic heterocycles. The van der Waals surface area contributed by atoms with Crippen LogP contribution >= 0.6 is 22.9 Å². The predicted octanol–water partition coefficient (Wildman–Crippen LogP) is 6.01. The third kappa shape index (κ3) is 4.77. The Hall–Kier alpha value is -2.57. The van der Waals surface area contributed by atoms with Crippen LogP contribution in [-0.2, 0) is 17.8 Å². The Morgan fingerprint density at radius 2 is 2.03 bits per heavy atom. The van der Waals surface area contributed by atoms with Gasteiger partial charge in [-0.15, -0.1) is 0 Å². The van der Waals surface area contributed by atoms with Gasteiger partial charge in [0.25, 0.3) is 0 Å². The maximum Gasteiger partial charge on any atom is 0.337 e. The van der Waals surface area contributed by atoms with Crippen LogP contribution < -0.4 is 4.74 Å². The highest BCUT2D eigenvalue weighted by molar-refractivity contribution is 7.15. The second-order valence-corrected chi connectivity index (χ2v) is 8.42. The maximum atomic E-state index is 12.2. The normalized spacial score (nSPS) is 12.0.